The normalized spacial score (nSPS) is 24.2. The molecule has 0 aromatic carbocycles. The van der Waals surface area contributed by atoms with Crippen LogP contribution in [0.25, 0.3) is 0 Å². The number of aryl methyl sites for hydroxylation is 1. The molecule has 3 rings (SSSR count). The third-order valence-corrected chi connectivity index (χ3v) is 6.66. The molecule has 0 aliphatic carbocycles. The van der Waals surface area contributed by atoms with Crippen molar-refractivity contribution < 1.29 is 13.2 Å². The number of hydrogen-bond acceptors (Lipinski definition) is 4. The van der Waals surface area contributed by atoms with Crippen molar-refractivity contribution in [2.75, 3.05) is 25.9 Å². The van der Waals surface area contributed by atoms with E-state index in [2.05, 4.69) is 10.2 Å². The first-order valence-corrected chi connectivity index (χ1v) is 10.5. The second-order valence-corrected chi connectivity index (χ2v) is 8.91. The number of H-pyrrole nitrogens is 1. The van der Waals surface area contributed by atoms with E-state index < -0.39 is 10.0 Å². The number of sulfonamides is 1. The Bertz CT molecular complexity index is 692. The fourth-order valence-corrected chi connectivity index (χ4v) is 5.27. The molecule has 1 N–H and O–H groups in total. The molecule has 1 aromatic rings. The number of hydrogen-bond donors (Lipinski definition) is 1. The Labute approximate surface area is 143 Å². The summed E-state index contributed by atoms with van der Waals surface area (Å²) in [6.07, 6.45) is 7.58. The second kappa shape index (κ2) is 6.84. The summed E-state index contributed by atoms with van der Waals surface area (Å²) in [6, 6.07) is 0.0988. The van der Waals surface area contributed by atoms with E-state index in [9.17, 15) is 13.2 Å². The van der Waals surface area contributed by atoms with Crippen molar-refractivity contribution in [2.24, 2.45) is 5.92 Å². The Balaban J connectivity index is 1.64. The van der Waals surface area contributed by atoms with Gasteiger partial charge in [0.1, 0.15) is 0 Å². The lowest BCUT2D eigenvalue weighted by Gasteiger charge is -2.42. The van der Waals surface area contributed by atoms with Crippen LogP contribution >= 0.6 is 0 Å². The molecule has 7 nitrogen and oxygen atoms in total. The summed E-state index contributed by atoms with van der Waals surface area (Å²) in [5.41, 5.74) is 1.42. The van der Waals surface area contributed by atoms with E-state index in [-0.39, 0.29) is 11.9 Å². The van der Waals surface area contributed by atoms with Gasteiger partial charge in [0.15, 0.2) is 0 Å². The molecule has 0 saturated carbocycles. The maximum absolute atomic E-state index is 12.5. The van der Waals surface area contributed by atoms with Crippen LogP contribution in [0.1, 0.15) is 48.2 Å². The van der Waals surface area contributed by atoms with Gasteiger partial charge in [0.2, 0.25) is 10.0 Å². The van der Waals surface area contributed by atoms with E-state index in [1.807, 2.05) is 11.8 Å². The standard InChI is InChI=1S/C16H26N4O3S/c1-12-14(11-17-18-12)16(21)19-9-6-13(7-10-19)15-5-3-4-8-20(15)24(2,22)23/h11,13,15H,3-10H2,1-2H3,(H,17,18). The molecule has 0 spiro atoms. The molecule has 0 radical (unpaired) electrons. The number of likely N-dealkylation sites (tertiary alicyclic amines) is 1. The van der Waals surface area contributed by atoms with Gasteiger partial charge in [-0.05, 0) is 38.5 Å². The number of carbonyl (C=O) groups is 1. The number of aromatic nitrogens is 2. The number of nitrogens with one attached hydrogen (secondary N) is 1. The minimum atomic E-state index is -3.15. The summed E-state index contributed by atoms with van der Waals surface area (Å²) in [4.78, 5) is 14.4. The van der Waals surface area contributed by atoms with E-state index in [1.54, 1.807) is 10.5 Å². The van der Waals surface area contributed by atoms with Gasteiger partial charge in [-0.2, -0.15) is 9.40 Å². The second-order valence-electron chi connectivity index (χ2n) is 6.98. The molecule has 1 unspecified atom stereocenters. The van der Waals surface area contributed by atoms with Crippen molar-refractivity contribution in [1.82, 2.24) is 19.4 Å². The van der Waals surface area contributed by atoms with Crippen molar-refractivity contribution >= 4 is 15.9 Å². The van der Waals surface area contributed by atoms with Crippen molar-refractivity contribution in [2.45, 2.75) is 45.1 Å². The Kier molecular flexibility index (Phi) is 4.96. The Hall–Kier alpha value is -1.41. The van der Waals surface area contributed by atoms with Crippen LogP contribution in [0.3, 0.4) is 0 Å². The quantitative estimate of drug-likeness (QED) is 0.888. The zero-order chi connectivity index (χ0) is 17.3. The van der Waals surface area contributed by atoms with Crippen LogP contribution in [-0.4, -0.2) is 65.7 Å². The minimum absolute atomic E-state index is 0.0170. The summed E-state index contributed by atoms with van der Waals surface area (Å²) < 4.78 is 25.8. The van der Waals surface area contributed by atoms with Gasteiger partial charge in [0, 0.05) is 31.4 Å². The monoisotopic (exact) mass is 354 g/mol. The molecular formula is C16H26N4O3S. The Morgan fingerprint density at radius 2 is 1.92 bits per heavy atom. The molecule has 2 saturated heterocycles. The van der Waals surface area contributed by atoms with Crippen LogP contribution in [0.15, 0.2) is 6.20 Å². The summed E-state index contributed by atoms with van der Waals surface area (Å²) >= 11 is 0. The molecule has 0 bridgehead atoms. The highest BCUT2D eigenvalue weighted by atomic mass is 32.2. The molecule has 2 fully saturated rings. The molecular weight excluding hydrogens is 328 g/mol. The third kappa shape index (κ3) is 3.49. The molecule has 3 heterocycles. The number of aromatic amines is 1. The highest BCUT2D eigenvalue weighted by Crippen LogP contribution is 2.32. The van der Waals surface area contributed by atoms with Gasteiger partial charge >= 0.3 is 0 Å². The van der Waals surface area contributed by atoms with Crippen molar-refractivity contribution in [3.05, 3.63) is 17.5 Å². The molecule has 134 valence electrons. The average molecular weight is 354 g/mol. The van der Waals surface area contributed by atoms with Gasteiger partial charge < -0.3 is 4.90 Å². The van der Waals surface area contributed by atoms with Crippen molar-refractivity contribution in [3.63, 3.8) is 0 Å². The fraction of sp³-hybridized carbons (Fsp3) is 0.750. The van der Waals surface area contributed by atoms with E-state index >= 15 is 0 Å². The number of amides is 1. The lowest BCUT2D eigenvalue weighted by atomic mass is 9.85. The smallest absolute Gasteiger partial charge is 0.257 e. The van der Waals surface area contributed by atoms with Crippen LogP contribution in [0.5, 0.6) is 0 Å². The first-order valence-electron chi connectivity index (χ1n) is 8.64. The first-order chi connectivity index (χ1) is 11.4. The molecule has 2 aliphatic heterocycles. The molecule has 2 aliphatic rings. The average Bonchev–Trinajstić information content (AvgIpc) is 2.99. The van der Waals surface area contributed by atoms with Gasteiger partial charge in [0.05, 0.1) is 18.0 Å². The van der Waals surface area contributed by atoms with Gasteiger partial charge in [0.25, 0.3) is 5.91 Å². The van der Waals surface area contributed by atoms with Gasteiger partial charge in [-0.3, -0.25) is 9.89 Å². The number of carbonyl (C=O) groups excluding carboxylic acids is 1. The van der Waals surface area contributed by atoms with E-state index in [4.69, 9.17) is 0 Å². The molecule has 1 amide bonds. The summed E-state index contributed by atoms with van der Waals surface area (Å²) in [5, 5.41) is 6.72. The summed E-state index contributed by atoms with van der Waals surface area (Å²) in [6.45, 7) is 3.85. The lowest BCUT2D eigenvalue weighted by molar-refractivity contribution is 0.0620. The van der Waals surface area contributed by atoms with E-state index in [0.717, 1.165) is 37.8 Å². The first kappa shape index (κ1) is 17.4. The maximum Gasteiger partial charge on any atom is 0.257 e. The maximum atomic E-state index is 12.5. The highest BCUT2D eigenvalue weighted by molar-refractivity contribution is 7.88. The predicted molar refractivity (Wildman–Crippen MR) is 91.1 cm³/mol. The predicted octanol–water partition coefficient (Wildman–Crippen LogP) is 1.38. The SMILES string of the molecule is Cc1[nH]ncc1C(=O)N1CCC(C2CCCCN2S(C)(=O)=O)CC1. The minimum Gasteiger partial charge on any atom is -0.339 e. The Morgan fingerprint density at radius 3 is 2.50 bits per heavy atom. The zero-order valence-electron chi connectivity index (χ0n) is 14.4. The van der Waals surface area contributed by atoms with Crippen LogP contribution in [-0.2, 0) is 10.0 Å². The van der Waals surface area contributed by atoms with E-state index in [1.165, 1.54) is 6.26 Å². The molecule has 1 atom stereocenters. The lowest BCUT2D eigenvalue weighted by Crippen LogP contribution is -2.50. The van der Waals surface area contributed by atoms with Crippen molar-refractivity contribution in [1.29, 1.82) is 0 Å². The van der Waals surface area contributed by atoms with Crippen LogP contribution in [0.2, 0.25) is 0 Å². The zero-order valence-corrected chi connectivity index (χ0v) is 15.2. The number of nitrogens with zero attached hydrogens (tertiary/aromatic N) is 3. The molecule has 1 aromatic heterocycles. The van der Waals surface area contributed by atoms with E-state index in [0.29, 0.717) is 31.1 Å². The van der Waals surface area contributed by atoms with Crippen LogP contribution < -0.4 is 0 Å². The van der Waals surface area contributed by atoms with Gasteiger partial charge in [-0.15, -0.1) is 0 Å². The van der Waals surface area contributed by atoms with Crippen LogP contribution in [0, 0.1) is 12.8 Å². The van der Waals surface area contributed by atoms with Gasteiger partial charge in [-0.25, -0.2) is 8.42 Å². The number of piperidine rings is 2. The largest absolute Gasteiger partial charge is 0.339 e. The molecule has 24 heavy (non-hydrogen) atoms. The molecule has 8 heteroatoms. The third-order valence-electron chi connectivity index (χ3n) is 5.36. The van der Waals surface area contributed by atoms with Crippen molar-refractivity contribution in [3.8, 4) is 0 Å². The highest BCUT2D eigenvalue weighted by Gasteiger charge is 2.37. The van der Waals surface area contributed by atoms with Gasteiger partial charge in [-0.1, -0.05) is 6.42 Å². The number of rotatable bonds is 3. The Morgan fingerprint density at radius 1 is 1.21 bits per heavy atom. The summed E-state index contributed by atoms with van der Waals surface area (Å²) in [5.74, 6) is 0.359. The summed E-state index contributed by atoms with van der Waals surface area (Å²) in [7, 11) is -3.15. The van der Waals surface area contributed by atoms with Crippen LogP contribution in [0.4, 0.5) is 0 Å². The topological polar surface area (TPSA) is 86.4 Å². The fourth-order valence-electron chi connectivity index (χ4n) is 4.04.